The van der Waals surface area contributed by atoms with Gasteiger partial charge < -0.3 is 14.8 Å². The van der Waals surface area contributed by atoms with E-state index in [9.17, 15) is 4.79 Å². The SMILES string of the molecule is CC[C@H](C)[C@@H](NC)[C@H](CC(=O)OC(C)(C)C)OC.Cl. The van der Waals surface area contributed by atoms with Crippen LogP contribution < -0.4 is 5.32 Å². The summed E-state index contributed by atoms with van der Waals surface area (Å²) in [5, 5.41) is 3.24. The Balaban J connectivity index is 0. The van der Waals surface area contributed by atoms with E-state index in [4.69, 9.17) is 9.47 Å². The lowest BCUT2D eigenvalue weighted by atomic mass is 9.92. The van der Waals surface area contributed by atoms with E-state index in [0.717, 1.165) is 6.42 Å². The van der Waals surface area contributed by atoms with E-state index < -0.39 is 5.60 Å². The molecule has 0 aliphatic rings. The molecule has 0 saturated heterocycles. The fraction of sp³-hybridized carbons (Fsp3) is 0.929. The van der Waals surface area contributed by atoms with Crippen LogP contribution in [0.4, 0.5) is 0 Å². The van der Waals surface area contributed by atoms with Crippen LogP contribution in [0.5, 0.6) is 0 Å². The summed E-state index contributed by atoms with van der Waals surface area (Å²) < 4.78 is 10.8. The summed E-state index contributed by atoms with van der Waals surface area (Å²) in [4.78, 5) is 11.8. The van der Waals surface area contributed by atoms with Gasteiger partial charge in [0.1, 0.15) is 5.60 Å². The quantitative estimate of drug-likeness (QED) is 0.734. The van der Waals surface area contributed by atoms with Gasteiger partial charge in [-0.15, -0.1) is 12.4 Å². The number of esters is 1. The summed E-state index contributed by atoms with van der Waals surface area (Å²) in [6.07, 6.45) is 1.17. The van der Waals surface area contributed by atoms with Gasteiger partial charge in [0.05, 0.1) is 12.5 Å². The van der Waals surface area contributed by atoms with Crippen molar-refractivity contribution < 1.29 is 14.3 Å². The van der Waals surface area contributed by atoms with E-state index in [0.29, 0.717) is 5.92 Å². The largest absolute Gasteiger partial charge is 0.460 e. The normalized spacial score (nSPS) is 16.2. The molecule has 5 heteroatoms. The first-order valence-corrected chi connectivity index (χ1v) is 6.67. The van der Waals surface area contributed by atoms with Crippen LogP contribution in [-0.2, 0) is 14.3 Å². The highest BCUT2D eigenvalue weighted by Gasteiger charge is 2.28. The van der Waals surface area contributed by atoms with E-state index in [1.165, 1.54) is 0 Å². The topological polar surface area (TPSA) is 47.6 Å². The molecule has 116 valence electrons. The predicted octanol–water partition coefficient (Wildman–Crippen LogP) is 2.79. The summed E-state index contributed by atoms with van der Waals surface area (Å²) in [6.45, 7) is 9.91. The number of ether oxygens (including phenoxy) is 2. The Morgan fingerprint density at radius 2 is 1.84 bits per heavy atom. The molecule has 0 aromatic rings. The smallest absolute Gasteiger partial charge is 0.309 e. The van der Waals surface area contributed by atoms with Crippen LogP contribution in [0, 0.1) is 5.92 Å². The fourth-order valence-corrected chi connectivity index (χ4v) is 2.00. The summed E-state index contributed by atoms with van der Waals surface area (Å²) in [6, 6.07) is 0.160. The zero-order chi connectivity index (χ0) is 14.3. The van der Waals surface area contributed by atoms with Crippen LogP contribution in [0.3, 0.4) is 0 Å². The first-order chi connectivity index (χ1) is 8.25. The number of carbonyl (C=O) groups excluding carboxylic acids is 1. The lowest BCUT2D eigenvalue weighted by Gasteiger charge is -2.30. The number of methoxy groups -OCH3 is 1. The minimum atomic E-state index is -0.444. The number of hydrogen-bond donors (Lipinski definition) is 1. The van der Waals surface area contributed by atoms with E-state index in [-0.39, 0.29) is 36.9 Å². The van der Waals surface area contributed by atoms with Crippen LogP contribution in [0.25, 0.3) is 0 Å². The van der Waals surface area contributed by atoms with Gasteiger partial charge in [0, 0.05) is 13.2 Å². The van der Waals surface area contributed by atoms with Gasteiger partial charge >= 0.3 is 5.97 Å². The Kier molecular flexibility index (Phi) is 10.6. The number of rotatable bonds is 7. The third-order valence-corrected chi connectivity index (χ3v) is 3.08. The molecule has 3 atom stereocenters. The van der Waals surface area contributed by atoms with Crippen molar-refractivity contribution in [2.24, 2.45) is 5.92 Å². The van der Waals surface area contributed by atoms with Crippen LogP contribution in [-0.4, -0.2) is 37.9 Å². The number of carbonyl (C=O) groups is 1. The van der Waals surface area contributed by atoms with Gasteiger partial charge in [0.15, 0.2) is 0 Å². The van der Waals surface area contributed by atoms with Crippen LogP contribution in [0.1, 0.15) is 47.5 Å². The molecule has 0 heterocycles. The minimum absolute atomic E-state index is 0. The molecule has 0 rings (SSSR count). The van der Waals surface area contributed by atoms with Crippen molar-refractivity contribution in [2.75, 3.05) is 14.2 Å². The molecule has 19 heavy (non-hydrogen) atoms. The van der Waals surface area contributed by atoms with Gasteiger partial charge in [0.25, 0.3) is 0 Å². The van der Waals surface area contributed by atoms with Crippen molar-refractivity contribution in [3.63, 3.8) is 0 Å². The molecule has 0 bridgehead atoms. The number of hydrogen-bond acceptors (Lipinski definition) is 4. The number of likely N-dealkylation sites (N-methyl/N-ethyl adjacent to an activating group) is 1. The third kappa shape index (κ3) is 8.45. The molecule has 0 radical (unpaired) electrons. The standard InChI is InChI=1S/C14H29NO3.ClH/c1-8-10(2)13(15-6)11(17-7)9-12(16)18-14(3,4)5;/h10-11,13,15H,8-9H2,1-7H3;1H/t10-,11-,13+;/m0./s1. The summed E-state index contributed by atoms with van der Waals surface area (Å²) in [7, 11) is 3.54. The minimum Gasteiger partial charge on any atom is -0.460 e. The second-order valence-corrected chi connectivity index (χ2v) is 5.76. The number of nitrogens with one attached hydrogen (secondary N) is 1. The monoisotopic (exact) mass is 295 g/mol. The van der Waals surface area contributed by atoms with Crippen LogP contribution in [0.2, 0.25) is 0 Å². The van der Waals surface area contributed by atoms with E-state index in [1.54, 1.807) is 7.11 Å². The van der Waals surface area contributed by atoms with Gasteiger partial charge in [-0.2, -0.15) is 0 Å². The molecule has 0 aliphatic heterocycles. The Morgan fingerprint density at radius 1 is 1.32 bits per heavy atom. The zero-order valence-corrected chi connectivity index (χ0v) is 14.1. The molecule has 4 nitrogen and oxygen atoms in total. The molecular weight excluding hydrogens is 266 g/mol. The lowest BCUT2D eigenvalue weighted by Crippen LogP contribution is -2.45. The second-order valence-electron chi connectivity index (χ2n) is 5.76. The predicted molar refractivity (Wildman–Crippen MR) is 80.8 cm³/mol. The highest BCUT2D eigenvalue weighted by molar-refractivity contribution is 5.85. The molecule has 0 aromatic heterocycles. The molecule has 0 aromatic carbocycles. The second kappa shape index (κ2) is 9.56. The van der Waals surface area contributed by atoms with Gasteiger partial charge in [0.2, 0.25) is 0 Å². The van der Waals surface area contributed by atoms with Crippen LogP contribution in [0.15, 0.2) is 0 Å². The Hall–Kier alpha value is -0.320. The van der Waals surface area contributed by atoms with Crippen molar-refractivity contribution >= 4 is 18.4 Å². The molecule has 0 saturated carbocycles. The molecule has 1 N–H and O–H groups in total. The zero-order valence-electron chi connectivity index (χ0n) is 13.3. The highest BCUT2D eigenvalue weighted by atomic mass is 35.5. The third-order valence-electron chi connectivity index (χ3n) is 3.08. The highest BCUT2D eigenvalue weighted by Crippen LogP contribution is 2.18. The van der Waals surface area contributed by atoms with Gasteiger partial charge in [-0.3, -0.25) is 4.79 Å². The van der Waals surface area contributed by atoms with Crippen molar-refractivity contribution in [2.45, 2.75) is 65.2 Å². The van der Waals surface area contributed by atoms with Gasteiger partial charge in [-0.05, 0) is 33.7 Å². The fourth-order valence-electron chi connectivity index (χ4n) is 2.00. The maximum Gasteiger partial charge on any atom is 0.309 e. The van der Waals surface area contributed by atoms with Gasteiger partial charge in [-0.1, -0.05) is 20.3 Å². The maximum absolute atomic E-state index is 11.8. The molecule has 0 aliphatic carbocycles. The average Bonchev–Trinajstić information content (AvgIpc) is 2.25. The van der Waals surface area contributed by atoms with Crippen molar-refractivity contribution in [1.82, 2.24) is 5.32 Å². The molecule has 0 spiro atoms. The Labute approximate surface area is 124 Å². The Bertz CT molecular complexity index is 254. The first kappa shape index (κ1) is 21.0. The summed E-state index contributed by atoms with van der Waals surface area (Å²) in [5.74, 6) is 0.236. The molecule has 0 unspecified atom stereocenters. The average molecular weight is 296 g/mol. The molecule has 0 fully saturated rings. The van der Waals surface area contributed by atoms with Crippen molar-refractivity contribution in [1.29, 1.82) is 0 Å². The lowest BCUT2D eigenvalue weighted by molar-refractivity contribution is -0.158. The first-order valence-electron chi connectivity index (χ1n) is 6.67. The molecule has 0 amide bonds. The number of halogens is 1. The summed E-state index contributed by atoms with van der Waals surface area (Å²) >= 11 is 0. The van der Waals surface area contributed by atoms with Crippen molar-refractivity contribution in [3.8, 4) is 0 Å². The van der Waals surface area contributed by atoms with E-state index in [1.807, 2.05) is 27.8 Å². The Morgan fingerprint density at radius 3 is 2.16 bits per heavy atom. The van der Waals surface area contributed by atoms with E-state index in [2.05, 4.69) is 19.2 Å². The molecular formula is C14H30ClNO3. The van der Waals surface area contributed by atoms with Gasteiger partial charge in [-0.25, -0.2) is 0 Å². The van der Waals surface area contributed by atoms with Crippen LogP contribution >= 0.6 is 12.4 Å². The van der Waals surface area contributed by atoms with Crippen molar-refractivity contribution in [3.05, 3.63) is 0 Å². The summed E-state index contributed by atoms with van der Waals surface area (Å²) in [5.41, 5.74) is -0.444. The van der Waals surface area contributed by atoms with E-state index >= 15 is 0 Å². The maximum atomic E-state index is 11.8.